The Bertz CT molecular complexity index is 1950. The molecule has 0 aliphatic rings. The average molecular weight is 710 g/mol. The second-order valence-corrected chi connectivity index (χ2v) is 14.5. The zero-order valence-electron chi connectivity index (χ0n) is 28.2. The van der Waals surface area contributed by atoms with Gasteiger partial charge >= 0.3 is 12.1 Å². The summed E-state index contributed by atoms with van der Waals surface area (Å²) in [7, 11) is -2.63. The number of hydrogen-bond acceptors (Lipinski definition) is 9. The first-order valence-electron chi connectivity index (χ1n) is 15.8. The van der Waals surface area contributed by atoms with Crippen molar-refractivity contribution in [3.63, 3.8) is 0 Å². The molecule has 0 saturated heterocycles. The summed E-state index contributed by atoms with van der Waals surface area (Å²) in [6, 6.07) is 15.5. The summed E-state index contributed by atoms with van der Waals surface area (Å²) in [5, 5.41) is 15.1. The number of benzene rings is 2. The van der Waals surface area contributed by atoms with Gasteiger partial charge in [0.1, 0.15) is 23.5 Å². The Morgan fingerprint density at radius 1 is 0.980 bits per heavy atom. The van der Waals surface area contributed by atoms with E-state index in [1.807, 2.05) is 30.3 Å². The molecule has 3 N–H and O–H groups in total. The second kappa shape index (κ2) is 16.4. The predicted octanol–water partition coefficient (Wildman–Crippen LogP) is 5.44. The van der Waals surface area contributed by atoms with Gasteiger partial charge in [-0.3, -0.25) is 14.1 Å². The Labute approximate surface area is 289 Å². The maximum Gasteiger partial charge on any atom is 0.407 e. The van der Waals surface area contributed by atoms with Gasteiger partial charge in [-0.15, -0.1) is 0 Å². The summed E-state index contributed by atoms with van der Waals surface area (Å²) >= 11 is 0. The number of unbranched alkanes of at least 4 members (excludes halogenated alkanes) is 2. The quantitative estimate of drug-likeness (QED) is 0.135. The minimum Gasteiger partial charge on any atom is -0.484 e. The van der Waals surface area contributed by atoms with Crippen LogP contribution in [0.25, 0.3) is 10.9 Å². The molecule has 4 rings (SSSR count). The van der Waals surface area contributed by atoms with Crippen molar-refractivity contribution in [1.29, 1.82) is 0 Å². The molecule has 13 nitrogen and oxygen atoms in total. The van der Waals surface area contributed by atoms with Gasteiger partial charge in [-0.2, -0.15) is 0 Å². The van der Waals surface area contributed by atoms with E-state index in [0.29, 0.717) is 24.8 Å². The lowest BCUT2D eigenvalue weighted by atomic mass is 10.1. The molecule has 0 unspecified atom stereocenters. The van der Waals surface area contributed by atoms with Gasteiger partial charge in [-0.1, -0.05) is 42.8 Å². The molecule has 0 atom stereocenters. The van der Waals surface area contributed by atoms with E-state index in [1.165, 1.54) is 19.3 Å². The van der Waals surface area contributed by atoms with Gasteiger partial charge in [0.15, 0.2) is 17.3 Å². The number of carboxylic acid groups (broad SMARTS) is 1. The highest BCUT2D eigenvalue weighted by Crippen LogP contribution is 2.35. The lowest BCUT2D eigenvalue weighted by molar-refractivity contribution is 0.0526. The van der Waals surface area contributed by atoms with Gasteiger partial charge in [0.25, 0.3) is 5.91 Å². The first-order valence-corrected chi connectivity index (χ1v) is 17.5. The van der Waals surface area contributed by atoms with Gasteiger partial charge in [0.2, 0.25) is 10.0 Å². The first-order chi connectivity index (χ1) is 23.7. The Morgan fingerprint density at radius 2 is 1.72 bits per heavy atom. The van der Waals surface area contributed by atoms with Crippen LogP contribution in [0.4, 0.5) is 15.0 Å². The number of ether oxygens (including phenoxy) is 2. The number of halogens is 1. The molecule has 0 bridgehead atoms. The average Bonchev–Trinajstić information content (AvgIpc) is 3.07. The van der Waals surface area contributed by atoms with E-state index in [0.717, 1.165) is 22.0 Å². The van der Waals surface area contributed by atoms with Gasteiger partial charge in [0, 0.05) is 31.7 Å². The minimum absolute atomic E-state index is 0.00782. The van der Waals surface area contributed by atoms with E-state index in [-0.39, 0.29) is 59.2 Å². The van der Waals surface area contributed by atoms with Crippen LogP contribution in [0.5, 0.6) is 5.75 Å². The number of nitrogens with one attached hydrogen (secondary N) is 2. The highest BCUT2D eigenvalue weighted by molar-refractivity contribution is 7.92. The van der Waals surface area contributed by atoms with Crippen molar-refractivity contribution in [3.8, 4) is 5.75 Å². The fourth-order valence-electron chi connectivity index (χ4n) is 4.88. The van der Waals surface area contributed by atoms with Crippen molar-refractivity contribution in [3.05, 3.63) is 95.1 Å². The number of hydrogen-bond donors (Lipinski definition) is 3. The van der Waals surface area contributed by atoms with Crippen LogP contribution in [0.3, 0.4) is 0 Å². The van der Waals surface area contributed by atoms with Crippen LogP contribution in [0, 0.1) is 5.82 Å². The fraction of sp³-hybridized carbons (Fsp3) is 0.343. The largest absolute Gasteiger partial charge is 0.484 e. The molecule has 4 aromatic rings. The number of sulfonamides is 1. The van der Waals surface area contributed by atoms with E-state index in [4.69, 9.17) is 9.47 Å². The molecule has 0 radical (unpaired) electrons. The number of aromatic nitrogens is 2. The van der Waals surface area contributed by atoms with Crippen molar-refractivity contribution in [2.24, 2.45) is 0 Å². The third kappa shape index (κ3) is 10.1. The smallest absolute Gasteiger partial charge is 0.407 e. The van der Waals surface area contributed by atoms with E-state index < -0.39 is 39.4 Å². The van der Waals surface area contributed by atoms with Crippen molar-refractivity contribution in [2.45, 2.75) is 58.8 Å². The molecular weight excluding hydrogens is 669 g/mol. The molecule has 0 fully saturated rings. The molecule has 0 saturated carbocycles. The maximum absolute atomic E-state index is 13.8. The van der Waals surface area contributed by atoms with Crippen LogP contribution >= 0.6 is 0 Å². The standard InChI is InChI=1S/C35H40FN5O8S/c1-35(2,3)49-34(45)38-17-9-6-10-19-50(46,47)41(4)31-26-14-11-18-37-28(26)30(48-22-23-12-7-5-8-13-23)29(40-31)32(42)39-21-24-15-16-25(36)20-27(24)33(43)44/h5,7-8,11-16,18,20H,6,9-10,17,19,21-22H2,1-4H3,(H,38,45)(H,39,42)(H,43,44). The monoisotopic (exact) mass is 709 g/mol. The van der Waals surface area contributed by atoms with Crippen LogP contribution in [-0.4, -0.2) is 66.4 Å². The number of nitrogens with zero attached hydrogens (tertiary/aromatic N) is 3. The Hall–Kier alpha value is -5.31. The van der Waals surface area contributed by atoms with Crippen molar-refractivity contribution >= 4 is 44.7 Å². The molecule has 0 spiro atoms. The summed E-state index contributed by atoms with van der Waals surface area (Å²) < 4.78 is 53.2. The van der Waals surface area contributed by atoms with Gasteiger partial charge in [0.05, 0.1) is 11.3 Å². The molecular formula is C35H40FN5O8S. The number of carbonyl (C=O) groups is 3. The minimum atomic E-state index is -3.96. The fourth-order valence-corrected chi connectivity index (χ4v) is 6.12. The van der Waals surface area contributed by atoms with Crippen molar-refractivity contribution < 1.29 is 41.8 Å². The highest BCUT2D eigenvalue weighted by Gasteiger charge is 2.28. The molecule has 266 valence electrons. The molecule has 50 heavy (non-hydrogen) atoms. The van der Waals surface area contributed by atoms with Crippen LogP contribution in [0.2, 0.25) is 0 Å². The number of aromatic carboxylic acids is 1. The maximum atomic E-state index is 13.8. The lowest BCUT2D eigenvalue weighted by Crippen LogP contribution is -2.33. The van der Waals surface area contributed by atoms with Gasteiger partial charge in [-0.05, 0) is 69.0 Å². The highest BCUT2D eigenvalue weighted by atomic mass is 32.2. The molecule has 2 amide bonds. The van der Waals surface area contributed by atoms with Crippen LogP contribution in [0.15, 0.2) is 66.9 Å². The molecule has 15 heteroatoms. The van der Waals surface area contributed by atoms with Crippen LogP contribution < -0.4 is 19.7 Å². The number of carbonyl (C=O) groups excluding carboxylic acids is 2. The summed E-state index contributed by atoms with van der Waals surface area (Å²) in [6.07, 6.45) is 2.24. The summed E-state index contributed by atoms with van der Waals surface area (Å²) in [4.78, 5) is 46.3. The second-order valence-electron chi connectivity index (χ2n) is 12.3. The van der Waals surface area contributed by atoms with E-state index in [2.05, 4.69) is 20.6 Å². The number of rotatable bonds is 15. The van der Waals surface area contributed by atoms with Crippen molar-refractivity contribution in [1.82, 2.24) is 20.6 Å². The number of carboxylic acids is 1. The summed E-state index contributed by atoms with van der Waals surface area (Å²) in [6.45, 7) is 5.32. The number of anilines is 1. The predicted molar refractivity (Wildman–Crippen MR) is 185 cm³/mol. The SMILES string of the molecule is CN(c1nc(C(=O)NCc2ccc(F)cc2C(=O)O)c(OCc2ccccc2)c2ncccc12)S(=O)(=O)CCCCCNC(=O)OC(C)(C)C. The van der Waals surface area contributed by atoms with Gasteiger partial charge < -0.3 is 25.2 Å². The van der Waals surface area contributed by atoms with E-state index in [1.54, 1.807) is 32.9 Å². The lowest BCUT2D eigenvalue weighted by Gasteiger charge is -2.22. The van der Waals surface area contributed by atoms with Crippen LogP contribution in [-0.2, 0) is 27.9 Å². The normalized spacial score (nSPS) is 11.5. The zero-order chi connectivity index (χ0) is 36.5. The number of amides is 2. The summed E-state index contributed by atoms with van der Waals surface area (Å²) in [5.74, 6) is -3.23. The number of fused-ring (bicyclic) bond motifs is 1. The molecule has 2 aromatic heterocycles. The zero-order valence-corrected chi connectivity index (χ0v) is 29.0. The molecule has 2 aromatic carbocycles. The molecule has 0 aliphatic carbocycles. The van der Waals surface area contributed by atoms with E-state index in [9.17, 15) is 32.3 Å². The molecule has 0 aliphatic heterocycles. The number of alkyl carbamates (subject to hydrolysis) is 1. The van der Waals surface area contributed by atoms with Crippen LogP contribution in [0.1, 0.15) is 72.0 Å². The summed E-state index contributed by atoms with van der Waals surface area (Å²) in [5.41, 5.74) is -0.135. The van der Waals surface area contributed by atoms with Gasteiger partial charge in [-0.25, -0.2) is 27.4 Å². The number of pyridine rings is 2. The molecule has 2 heterocycles. The third-order valence-corrected chi connectivity index (χ3v) is 9.15. The Morgan fingerprint density at radius 3 is 2.42 bits per heavy atom. The first kappa shape index (κ1) is 37.5. The topological polar surface area (TPSA) is 177 Å². The Kier molecular flexibility index (Phi) is 12.3. The third-order valence-electron chi connectivity index (χ3n) is 7.34. The Balaban J connectivity index is 1.60. The van der Waals surface area contributed by atoms with E-state index >= 15 is 0 Å². The van der Waals surface area contributed by atoms with Crippen molar-refractivity contribution in [2.75, 3.05) is 23.7 Å².